The van der Waals surface area contributed by atoms with Crippen molar-refractivity contribution in [1.29, 1.82) is 0 Å². The summed E-state index contributed by atoms with van der Waals surface area (Å²) >= 11 is 6.77. The largest absolute Gasteiger partial charge is 0.471 e. The molecule has 0 aliphatic carbocycles. The van der Waals surface area contributed by atoms with Gasteiger partial charge in [0.05, 0.1) is 31.1 Å². The van der Waals surface area contributed by atoms with E-state index in [0.717, 1.165) is 34.8 Å². The van der Waals surface area contributed by atoms with Gasteiger partial charge in [0.25, 0.3) is 0 Å². The Bertz CT molecular complexity index is 1720. The first kappa shape index (κ1) is 29.1. The summed E-state index contributed by atoms with van der Waals surface area (Å²) in [4.78, 5) is 24.8. The first-order valence-corrected chi connectivity index (χ1v) is 15.7. The lowest BCUT2D eigenvalue weighted by atomic mass is 10.0. The van der Waals surface area contributed by atoms with Crippen LogP contribution in [0.4, 0.5) is 5.82 Å². The smallest absolute Gasteiger partial charge is 0.343 e. The number of rotatable bonds is 8. The Hall–Kier alpha value is -4.00. The van der Waals surface area contributed by atoms with Gasteiger partial charge in [-0.3, -0.25) is 0 Å². The van der Waals surface area contributed by atoms with Crippen LogP contribution < -0.4 is 4.90 Å². The van der Waals surface area contributed by atoms with Crippen LogP contribution in [0, 0.1) is 0 Å². The molecule has 1 saturated heterocycles. The summed E-state index contributed by atoms with van der Waals surface area (Å²) in [7, 11) is 2.00. The molecule has 1 fully saturated rings. The number of nitrogens with zero attached hydrogens (tertiary/aromatic N) is 6. The van der Waals surface area contributed by atoms with E-state index < -0.39 is 5.97 Å². The summed E-state index contributed by atoms with van der Waals surface area (Å²) in [5.74, 6) is 1.13. The normalized spacial score (nSPS) is 16.8. The van der Waals surface area contributed by atoms with Gasteiger partial charge in [-0.15, -0.1) is 0 Å². The number of benzene rings is 1. The van der Waals surface area contributed by atoms with Gasteiger partial charge in [-0.1, -0.05) is 42.1 Å². The van der Waals surface area contributed by atoms with Gasteiger partial charge in [-0.2, -0.15) is 9.61 Å². The lowest BCUT2D eigenvalue weighted by molar-refractivity contribution is -0.0279. The van der Waals surface area contributed by atoms with Crippen molar-refractivity contribution in [2.24, 2.45) is 0 Å². The van der Waals surface area contributed by atoms with E-state index in [1.807, 2.05) is 62.1 Å². The van der Waals surface area contributed by atoms with Gasteiger partial charge < -0.3 is 23.7 Å². The van der Waals surface area contributed by atoms with Crippen LogP contribution in [0.15, 0.2) is 67.1 Å². The lowest BCUT2D eigenvalue weighted by Gasteiger charge is -2.34. The van der Waals surface area contributed by atoms with E-state index in [-0.39, 0.29) is 18.8 Å². The molecular weight excluding hydrogens is 585 g/mol. The predicted molar refractivity (Wildman–Crippen MR) is 171 cm³/mol. The Morgan fingerprint density at radius 1 is 1.19 bits per heavy atom. The van der Waals surface area contributed by atoms with E-state index in [1.54, 1.807) is 11.4 Å². The number of thiocarbonyl (C=S) groups is 1. The molecule has 2 atom stereocenters. The van der Waals surface area contributed by atoms with Crippen LogP contribution in [-0.2, 0) is 20.8 Å². The molecule has 0 saturated carbocycles. The Balaban J connectivity index is 1.43. The van der Waals surface area contributed by atoms with Crippen molar-refractivity contribution in [2.45, 2.75) is 32.0 Å². The van der Waals surface area contributed by atoms with E-state index in [2.05, 4.69) is 26.7 Å². The van der Waals surface area contributed by atoms with Crippen LogP contribution in [-0.4, -0.2) is 73.7 Å². The molecule has 43 heavy (non-hydrogen) atoms. The quantitative estimate of drug-likeness (QED) is 0.164. The van der Waals surface area contributed by atoms with E-state index in [0.29, 0.717) is 41.0 Å². The van der Waals surface area contributed by atoms with Crippen molar-refractivity contribution in [2.75, 3.05) is 38.0 Å². The molecule has 1 unspecified atom stereocenters. The number of hydrogen-bond donors (Lipinski definition) is 0. The highest BCUT2D eigenvalue weighted by molar-refractivity contribution is 8.22. The number of pyridine rings is 1. The van der Waals surface area contributed by atoms with Crippen LogP contribution in [0.1, 0.15) is 35.3 Å². The van der Waals surface area contributed by atoms with E-state index >= 15 is 0 Å². The molecule has 3 aliphatic rings. The third-order valence-electron chi connectivity index (χ3n) is 7.52. The number of aromatic nitrogens is 5. The van der Waals surface area contributed by atoms with Gasteiger partial charge in [-0.25, -0.2) is 14.8 Å². The zero-order valence-electron chi connectivity index (χ0n) is 24.2. The summed E-state index contributed by atoms with van der Waals surface area (Å²) in [6.45, 7) is 3.75. The van der Waals surface area contributed by atoms with Crippen molar-refractivity contribution in [3.8, 4) is 22.6 Å². The maximum Gasteiger partial charge on any atom is 0.343 e. The van der Waals surface area contributed by atoms with Crippen molar-refractivity contribution >= 4 is 45.8 Å². The molecule has 5 heterocycles. The van der Waals surface area contributed by atoms with Gasteiger partial charge in [0.2, 0.25) is 4.38 Å². The number of hydrogen-bond acceptors (Lipinski definition) is 10. The average Bonchev–Trinajstić information content (AvgIpc) is 3.66. The Kier molecular flexibility index (Phi) is 8.59. The van der Waals surface area contributed by atoms with Gasteiger partial charge in [-0.05, 0) is 49.5 Å². The monoisotopic (exact) mass is 616 g/mol. The maximum atomic E-state index is 12.9. The molecule has 2 aromatic heterocycles. The fraction of sp³-hybridized carbons (Fsp3) is 0.323. The van der Waals surface area contributed by atoms with Crippen LogP contribution in [0.2, 0.25) is 0 Å². The van der Waals surface area contributed by atoms with Crippen molar-refractivity contribution < 1.29 is 19.0 Å². The molecule has 0 bridgehead atoms. The molecule has 1 aromatic carbocycles. The molecular formula is C31H32N6O4S2. The maximum absolute atomic E-state index is 12.9. The second-order valence-corrected chi connectivity index (χ2v) is 11.6. The van der Waals surface area contributed by atoms with Crippen LogP contribution >= 0.6 is 24.0 Å². The number of esters is 1. The summed E-state index contributed by atoms with van der Waals surface area (Å²) in [5.41, 5.74) is 4.34. The first-order valence-electron chi connectivity index (χ1n) is 14.1. The molecule has 0 amide bonds. The summed E-state index contributed by atoms with van der Waals surface area (Å²) < 4.78 is 21.5. The third-order valence-corrected chi connectivity index (χ3v) is 8.55. The van der Waals surface area contributed by atoms with Gasteiger partial charge >= 0.3 is 5.97 Å². The molecule has 3 aliphatic heterocycles. The van der Waals surface area contributed by atoms with E-state index in [4.69, 9.17) is 36.4 Å². The predicted octanol–water partition coefficient (Wildman–Crippen LogP) is 5.51. The molecule has 0 radical (unpaired) electrons. The fourth-order valence-electron chi connectivity index (χ4n) is 5.48. The topological polar surface area (TPSA) is 96.0 Å². The number of anilines is 1. The van der Waals surface area contributed by atoms with Gasteiger partial charge in [0, 0.05) is 49.8 Å². The van der Waals surface area contributed by atoms with Crippen LogP contribution in [0.3, 0.4) is 0 Å². The summed E-state index contributed by atoms with van der Waals surface area (Å²) in [5, 5.41) is 4.54. The van der Waals surface area contributed by atoms with Crippen LogP contribution in [0.5, 0.6) is 0 Å². The van der Waals surface area contributed by atoms with E-state index in [9.17, 15) is 4.79 Å². The zero-order chi connectivity index (χ0) is 29.9. The Labute approximate surface area is 259 Å². The van der Waals surface area contributed by atoms with Crippen LogP contribution in [0.25, 0.3) is 28.3 Å². The molecule has 10 nitrogen and oxygen atoms in total. The molecule has 0 spiro atoms. The zero-order valence-corrected chi connectivity index (χ0v) is 25.8. The minimum Gasteiger partial charge on any atom is -0.471 e. The number of fused-ring (bicyclic) bond motifs is 2. The van der Waals surface area contributed by atoms with Gasteiger partial charge in [0.15, 0.2) is 5.65 Å². The standard InChI is InChI=1S/C31H32N6O4S2/c1-4-40-30(38)23-17-33-37-27(35(2)18-20-9-6-5-7-10-20)15-24(34-29(23)37)22-16-32-28-21(22)11-8-13-36(28)25-12-14-39-19-26(25)41-31(42)43-3/h5-11,13,15-17,25-26H,4,12,14,18-19H2,1-3H3/t25?,26-/m1/s1. The summed E-state index contributed by atoms with van der Waals surface area (Å²) in [6, 6.07) is 16.2. The molecule has 222 valence electrons. The molecule has 0 N–H and O–H groups in total. The van der Waals surface area contributed by atoms with Crippen molar-refractivity contribution in [3.05, 3.63) is 78.2 Å². The number of carbonyl (C=O) groups is 1. The second-order valence-electron chi connectivity index (χ2n) is 10.2. The summed E-state index contributed by atoms with van der Waals surface area (Å²) in [6.07, 6.45) is 7.83. The SMILES string of the molecule is CCOC(=O)c1cnn2c(N(C)Cc3ccccc3)cc(-c3cnc4n(C5CCOC[C@H]5OC(=S)SC)cccc3-4)nc12. The third kappa shape index (κ3) is 5.82. The number of carbonyl (C=O) groups excluding carboxylic acids is 1. The highest BCUT2D eigenvalue weighted by Crippen LogP contribution is 2.38. The Morgan fingerprint density at radius 2 is 2.02 bits per heavy atom. The minimum atomic E-state index is -0.462. The lowest BCUT2D eigenvalue weighted by Crippen LogP contribution is -2.37. The highest BCUT2D eigenvalue weighted by atomic mass is 32.2. The van der Waals surface area contributed by atoms with Crippen molar-refractivity contribution in [1.82, 2.24) is 24.1 Å². The average molecular weight is 617 g/mol. The minimum absolute atomic E-state index is 0.00134. The van der Waals surface area contributed by atoms with E-state index in [1.165, 1.54) is 18.0 Å². The highest BCUT2D eigenvalue weighted by Gasteiger charge is 2.32. The number of thioether (sulfide) groups is 1. The fourth-order valence-corrected chi connectivity index (χ4v) is 5.82. The first-order chi connectivity index (χ1) is 21.0. The van der Waals surface area contributed by atoms with Gasteiger partial charge in [0.1, 0.15) is 23.3 Å². The second kappa shape index (κ2) is 12.7. The molecule has 3 aromatic rings. The number of ether oxygens (including phenoxy) is 3. The van der Waals surface area contributed by atoms with Crippen molar-refractivity contribution in [3.63, 3.8) is 0 Å². The molecule has 12 heteroatoms. The molecule has 6 rings (SSSR count). The Morgan fingerprint density at radius 3 is 2.81 bits per heavy atom.